The number of rotatable bonds is 6. The topological polar surface area (TPSA) is 68.3 Å². The molecule has 0 fully saturated rings. The molecule has 0 heterocycles. The van der Waals surface area contributed by atoms with E-state index in [1.165, 1.54) is 0 Å². The van der Waals surface area contributed by atoms with E-state index in [9.17, 15) is 0 Å². The molecule has 0 radical (unpaired) electrons. The number of nitrogen functional groups attached to an aromatic ring is 1. The van der Waals surface area contributed by atoms with Gasteiger partial charge < -0.3 is 15.2 Å². The van der Waals surface area contributed by atoms with Crippen molar-refractivity contribution in [1.82, 2.24) is 0 Å². The van der Waals surface area contributed by atoms with Crippen LogP contribution in [0, 0.1) is 5.41 Å². The Morgan fingerprint density at radius 1 is 1.38 bits per heavy atom. The van der Waals surface area contributed by atoms with Gasteiger partial charge in [0.2, 0.25) is 0 Å². The average molecular weight is 222 g/mol. The fraction of sp³-hybridized carbons (Fsp3) is 0.417. The Morgan fingerprint density at radius 2 is 2.00 bits per heavy atom. The van der Waals surface area contributed by atoms with Gasteiger partial charge >= 0.3 is 0 Å². The molecule has 4 nitrogen and oxygen atoms in total. The molecule has 16 heavy (non-hydrogen) atoms. The normalized spacial score (nSPS) is 12.1. The predicted octanol–water partition coefficient (Wildman–Crippen LogP) is 1.77. The highest BCUT2D eigenvalue weighted by molar-refractivity contribution is 5.94. The lowest BCUT2D eigenvalue weighted by Gasteiger charge is -2.14. The van der Waals surface area contributed by atoms with Crippen LogP contribution >= 0.6 is 0 Å². The molecule has 1 aromatic rings. The molecule has 3 N–H and O–H groups in total. The third-order valence-corrected chi connectivity index (χ3v) is 2.06. The van der Waals surface area contributed by atoms with Gasteiger partial charge in [0.1, 0.15) is 17.7 Å². The molecule has 1 rings (SSSR count). The monoisotopic (exact) mass is 222 g/mol. The number of hydrogen-bond acceptors (Lipinski definition) is 3. The molecule has 0 aromatic heterocycles. The summed E-state index contributed by atoms with van der Waals surface area (Å²) in [6.07, 6.45) is 0.0168. The highest BCUT2D eigenvalue weighted by Crippen LogP contribution is 2.13. The first-order valence-corrected chi connectivity index (χ1v) is 5.32. The van der Waals surface area contributed by atoms with Gasteiger partial charge in [-0.2, -0.15) is 0 Å². The van der Waals surface area contributed by atoms with Gasteiger partial charge in [-0.1, -0.05) is 0 Å². The zero-order chi connectivity index (χ0) is 12.0. The molecule has 0 aliphatic carbocycles. The van der Waals surface area contributed by atoms with E-state index in [1.807, 2.05) is 13.8 Å². The van der Waals surface area contributed by atoms with E-state index in [1.54, 1.807) is 24.3 Å². The maximum atomic E-state index is 7.26. The van der Waals surface area contributed by atoms with Crippen molar-refractivity contribution in [3.8, 4) is 5.75 Å². The van der Waals surface area contributed by atoms with E-state index in [-0.39, 0.29) is 11.9 Å². The maximum Gasteiger partial charge on any atom is 0.122 e. The van der Waals surface area contributed by atoms with Crippen molar-refractivity contribution in [3.63, 3.8) is 0 Å². The van der Waals surface area contributed by atoms with Crippen molar-refractivity contribution < 1.29 is 9.47 Å². The SMILES string of the molecule is CCOCC(C)Oc1ccc(C(=N)N)cc1. The van der Waals surface area contributed by atoms with Crippen LogP contribution in [0.1, 0.15) is 19.4 Å². The standard InChI is InChI=1S/C12H18N2O2/c1-3-15-8-9(2)16-11-6-4-10(5-7-11)12(13)14/h4-7,9H,3,8H2,1-2H3,(H3,13,14). The van der Waals surface area contributed by atoms with Crippen LogP contribution in [0.4, 0.5) is 0 Å². The average Bonchev–Trinajstić information content (AvgIpc) is 2.27. The van der Waals surface area contributed by atoms with E-state index in [0.717, 1.165) is 5.75 Å². The minimum absolute atomic E-state index is 0.0168. The smallest absolute Gasteiger partial charge is 0.122 e. The van der Waals surface area contributed by atoms with Crippen LogP contribution < -0.4 is 10.5 Å². The fourth-order valence-electron chi connectivity index (χ4n) is 1.26. The molecular formula is C12H18N2O2. The zero-order valence-corrected chi connectivity index (χ0v) is 9.69. The number of nitrogens with one attached hydrogen (secondary N) is 1. The van der Waals surface area contributed by atoms with Crippen LogP contribution in [-0.2, 0) is 4.74 Å². The van der Waals surface area contributed by atoms with Crippen molar-refractivity contribution >= 4 is 5.84 Å². The van der Waals surface area contributed by atoms with Gasteiger partial charge in [0.25, 0.3) is 0 Å². The first kappa shape index (κ1) is 12.5. The summed E-state index contributed by atoms with van der Waals surface area (Å²) in [6.45, 7) is 5.17. The zero-order valence-electron chi connectivity index (χ0n) is 9.69. The minimum atomic E-state index is 0.0168. The van der Waals surface area contributed by atoms with Crippen LogP contribution in [0.5, 0.6) is 5.75 Å². The van der Waals surface area contributed by atoms with Crippen LogP contribution in [0.3, 0.4) is 0 Å². The number of amidine groups is 1. The second kappa shape index (κ2) is 6.12. The first-order valence-electron chi connectivity index (χ1n) is 5.32. The second-order valence-corrected chi connectivity index (χ2v) is 3.53. The summed E-state index contributed by atoms with van der Waals surface area (Å²) in [4.78, 5) is 0. The Bertz CT molecular complexity index is 335. The molecule has 1 unspecified atom stereocenters. The van der Waals surface area contributed by atoms with Crippen LogP contribution in [-0.4, -0.2) is 25.2 Å². The van der Waals surface area contributed by atoms with Gasteiger partial charge in [-0.25, -0.2) is 0 Å². The number of nitrogens with two attached hydrogens (primary N) is 1. The molecule has 0 aliphatic rings. The van der Waals surface area contributed by atoms with Gasteiger partial charge in [0, 0.05) is 12.2 Å². The molecule has 4 heteroatoms. The van der Waals surface area contributed by atoms with E-state index < -0.39 is 0 Å². The molecule has 0 amide bonds. The first-order chi connectivity index (χ1) is 7.63. The van der Waals surface area contributed by atoms with E-state index >= 15 is 0 Å². The fourth-order valence-corrected chi connectivity index (χ4v) is 1.26. The highest BCUT2D eigenvalue weighted by atomic mass is 16.5. The summed E-state index contributed by atoms with van der Waals surface area (Å²) in [7, 11) is 0. The summed E-state index contributed by atoms with van der Waals surface area (Å²) in [6, 6.07) is 7.15. The van der Waals surface area contributed by atoms with Gasteiger partial charge in [-0.05, 0) is 38.1 Å². The van der Waals surface area contributed by atoms with Gasteiger partial charge in [0.05, 0.1) is 6.61 Å². The quantitative estimate of drug-likeness (QED) is 0.569. The lowest BCUT2D eigenvalue weighted by Crippen LogP contribution is -2.19. The molecule has 1 atom stereocenters. The number of hydrogen-bond donors (Lipinski definition) is 2. The summed E-state index contributed by atoms with van der Waals surface area (Å²) in [5.41, 5.74) is 6.05. The Balaban J connectivity index is 2.51. The van der Waals surface area contributed by atoms with Crippen molar-refractivity contribution in [1.29, 1.82) is 5.41 Å². The van der Waals surface area contributed by atoms with Gasteiger partial charge in [-0.15, -0.1) is 0 Å². The number of ether oxygens (including phenoxy) is 2. The van der Waals surface area contributed by atoms with Crippen molar-refractivity contribution in [3.05, 3.63) is 29.8 Å². The Kier molecular flexibility index (Phi) is 4.79. The van der Waals surface area contributed by atoms with Gasteiger partial charge in [0.15, 0.2) is 0 Å². The van der Waals surface area contributed by atoms with Crippen LogP contribution in [0.2, 0.25) is 0 Å². The third-order valence-electron chi connectivity index (χ3n) is 2.06. The molecule has 0 spiro atoms. The van der Waals surface area contributed by atoms with Crippen LogP contribution in [0.15, 0.2) is 24.3 Å². The van der Waals surface area contributed by atoms with Gasteiger partial charge in [-0.3, -0.25) is 5.41 Å². The highest BCUT2D eigenvalue weighted by Gasteiger charge is 2.04. The van der Waals surface area contributed by atoms with E-state index in [0.29, 0.717) is 18.8 Å². The molecular weight excluding hydrogens is 204 g/mol. The maximum absolute atomic E-state index is 7.26. The van der Waals surface area contributed by atoms with Crippen molar-refractivity contribution in [2.24, 2.45) is 5.73 Å². The Hall–Kier alpha value is -1.55. The molecule has 0 saturated carbocycles. The van der Waals surface area contributed by atoms with E-state index in [2.05, 4.69) is 0 Å². The van der Waals surface area contributed by atoms with Crippen molar-refractivity contribution in [2.45, 2.75) is 20.0 Å². The molecule has 0 saturated heterocycles. The van der Waals surface area contributed by atoms with Crippen molar-refractivity contribution in [2.75, 3.05) is 13.2 Å². The molecule has 0 bridgehead atoms. The largest absolute Gasteiger partial charge is 0.488 e. The summed E-state index contributed by atoms with van der Waals surface area (Å²) in [5.74, 6) is 0.825. The molecule has 1 aromatic carbocycles. The number of benzene rings is 1. The Labute approximate surface area is 95.9 Å². The predicted molar refractivity (Wildman–Crippen MR) is 64.0 cm³/mol. The molecule has 0 aliphatic heterocycles. The molecule has 88 valence electrons. The minimum Gasteiger partial charge on any atom is -0.488 e. The summed E-state index contributed by atoms with van der Waals surface area (Å²) in [5, 5.41) is 7.26. The van der Waals surface area contributed by atoms with Crippen LogP contribution in [0.25, 0.3) is 0 Å². The lowest BCUT2D eigenvalue weighted by atomic mass is 10.2. The third kappa shape index (κ3) is 3.90. The van der Waals surface area contributed by atoms with E-state index in [4.69, 9.17) is 20.6 Å². The Morgan fingerprint density at radius 3 is 2.50 bits per heavy atom. The lowest BCUT2D eigenvalue weighted by molar-refractivity contribution is 0.0657. The summed E-state index contributed by atoms with van der Waals surface area (Å²) < 4.78 is 10.9. The summed E-state index contributed by atoms with van der Waals surface area (Å²) >= 11 is 0. The second-order valence-electron chi connectivity index (χ2n) is 3.53.